The molecule has 0 radical (unpaired) electrons. The molecule has 0 atom stereocenters. The van der Waals surface area contributed by atoms with E-state index in [1.165, 1.54) is 0 Å². The number of hydrogen-bond acceptors (Lipinski definition) is 5. The van der Waals surface area contributed by atoms with Crippen LogP contribution in [-0.2, 0) is 6.54 Å². The Hall–Kier alpha value is -1.01. The first-order valence-electron chi connectivity index (χ1n) is 6.15. The number of aliphatic hydroxyl groups excluding tert-OH is 1. The van der Waals surface area contributed by atoms with E-state index in [4.69, 9.17) is 26.2 Å². The van der Waals surface area contributed by atoms with Gasteiger partial charge < -0.3 is 25.2 Å². The molecule has 5 nitrogen and oxygen atoms in total. The summed E-state index contributed by atoms with van der Waals surface area (Å²) in [6.07, 6.45) is 0. The summed E-state index contributed by atoms with van der Waals surface area (Å²) >= 11 is 6.18. The summed E-state index contributed by atoms with van der Waals surface area (Å²) in [6.45, 7) is 3.01. The minimum atomic E-state index is 0.154. The third-order valence-electron chi connectivity index (χ3n) is 2.64. The maximum absolute atomic E-state index is 8.62. The molecule has 0 saturated carbocycles. The molecular formula is C13H21ClN2O3. The molecule has 19 heavy (non-hydrogen) atoms. The number of aliphatic hydroxyl groups is 1. The highest BCUT2D eigenvalue weighted by Crippen LogP contribution is 2.32. The average Bonchev–Trinajstić information content (AvgIpc) is 2.43. The van der Waals surface area contributed by atoms with Crippen LogP contribution in [0.15, 0.2) is 12.1 Å². The Balaban J connectivity index is 2.49. The van der Waals surface area contributed by atoms with Gasteiger partial charge in [0.25, 0.3) is 0 Å². The van der Waals surface area contributed by atoms with Gasteiger partial charge in [-0.2, -0.15) is 0 Å². The van der Waals surface area contributed by atoms with Gasteiger partial charge in [-0.25, -0.2) is 0 Å². The van der Waals surface area contributed by atoms with Crippen LogP contribution in [0.5, 0.6) is 11.5 Å². The number of nitrogens with one attached hydrogen (secondary N) is 2. The molecule has 1 rings (SSSR count). The van der Waals surface area contributed by atoms with Crippen molar-refractivity contribution in [1.82, 2.24) is 10.6 Å². The van der Waals surface area contributed by atoms with Crippen LogP contribution in [0.4, 0.5) is 0 Å². The van der Waals surface area contributed by atoms with Crippen LogP contribution in [0.1, 0.15) is 5.56 Å². The quantitative estimate of drug-likeness (QED) is 0.593. The monoisotopic (exact) mass is 288 g/mol. The lowest BCUT2D eigenvalue weighted by atomic mass is 10.2. The highest BCUT2D eigenvalue weighted by molar-refractivity contribution is 6.31. The lowest BCUT2D eigenvalue weighted by molar-refractivity contribution is 0.292. The Labute approximate surface area is 118 Å². The molecule has 0 heterocycles. The molecule has 108 valence electrons. The summed E-state index contributed by atoms with van der Waals surface area (Å²) in [5.41, 5.74) is 0.960. The summed E-state index contributed by atoms with van der Waals surface area (Å²) in [5.74, 6) is 1.29. The Morgan fingerprint density at radius 3 is 2.32 bits per heavy atom. The fourth-order valence-corrected chi connectivity index (χ4v) is 1.86. The van der Waals surface area contributed by atoms with Crippen molar-refractivity contribution in [1.29, 1.82) is 0 Å². The van der Waals surface area contributed by atoms with Crippen molar-refractivity contribution in [3.8, 4) is 11.5 Å². The zero-order valence-corrected chi connectivity index (χ0v) is 12.1. The second-order valence-electron chi connectivity index (χ2n) is 3.95. The number of benzene rings is 1. The van der Waals surface area contributed by atoms with Crippen molar-refractivity contribution < 1.29 is 14.6 Å². The average molecular weight is 289 g/mol. The third-order valence-corrected chi connectivity index (χ3v) is 2.99. The normalized spacial score (nSPS) is 10.5. The summed E-state index contributed by atoms with van der Waals surface area (Å²) in [7, 11) is 3.18. The number of hydrogen-bond donors (Lipinski definition) is 3. The molecule has 0 saturated heterocycles. The number of methoxy groups -OCH3 is 2. The molecule has 0 aliphatic carbocycles. The minimum Gasteiger partial charge on any atom is -0.493 e. The van der Waals surface area contributed by atoms with Crippen molar-refractivity contribution in [2.45, 2.75) is 6.54 Å². The van der Waals surface area contributed by atoms with Crippen molar-refractivity contribution >= 4 is 11.6 Å². The van der Waals surface area contributed by atoms with E-state index in [0.29, 0.717) is 29.6 Å². The molecule has 0 aliphatic heterocycles. The largest absolute Gasteiger partial charge is 0.493 e. The highest BCUT2D eigenvalue weighted by atomic mass is 35.5. The van der Waals surface area contributed by atoms with Crippen molar-refractivity contribution in [3.63, 3.8) is 0 Å². The Bertz CT molecular complexity index is 388. The van der Waals surface area contributed by atoms with Gasteiger partial charge in [0.15, 0.2) is 11.5 Å². The van der Waals surface area contributed by atoms with Crippen molar-refractivity contribution in [2.24, 2.45) is 0 Å². The SMILES string of the molecule is COc1cc(Cl)c(CNCCNCCO)cc1OC. The standard InChI is InChI=1S/C13H21ClN2O3/c1-18-12-7-10(11(14)8-13(12)19-2)9-16-4-3-15-5-6-17/h7-8,15-17H,3-6,9H2,1-2H3. The molecule has 3 N–H and O–H groups in total. The first-order valence-corrected chi connectivity index (χ1v) is 6.53. The summed E-state index contributed by atoms with van der Waals surface area (Å²) < 4.78 is 10.4. The van der Waals surface area contributed by atoms with Gasteiger partial charge in [0, 0.05) is 37.3 Å². The van der Waals surface area contributed by atoms with Crippen LogP contribution in [-0.4, -0.2) is 45.6 Å². The Kier molecular flexibility index (Phi) is 7.59. The molecule has 0 amide bonds. The van der Waals surface area contributed by atoms with Crippen molar-refractivity contribution in [2.75, 3.05) is 40.5 Å². The van der Waals surface area contributed by atoms with Gasteiger partial charge in [0.05, 0.1) is 20.8 Å². The van der Waals surface area contributed by atoms with Gasteiger partial charge in [0.1, 0.15) is 0 Å². The van der Waals surface area contributed by atoms with Gasteiger partial charge in [-0.15, -0.1) is 0 Å². The van der Waals surface area contributed by atoms with Crippen LogP contribution in [0.2, 0.25) is 5.02 Å². The minimum absolute atomic E-state index is 0.154. The van der Waals surface area contributed by atoms with E-state index in [1.807, 2.05) is 6.07 Å². The zero-order chi connectivity index (χ0) is 14.1. The Morgan fingerprint density at radius 2 is 1.68 bits per heavy atom. The highest BCUT2D eigenvalue weighted by Gasteiger charge is 2.09. The van der Waals surface area contributed by atoms with Crippen LogP contribution >= 0.6 is 11.6 Å². The second kappa shape index (κ2) is 8.98. The molecule has 1 aromatic carbocycles. The fraction of sp³-hybridized carbons (Fsp3) is 0.538. The van der Waals surface area contributed by atoms with Crippen LogP contribution < -0.4 is 20.1 Å². The molecule has 0 fully saturated rings. The smallest absolute Gasteiger partial charge is 0.162 e. The molecule has 6 heteroatoms. The second-order valence-corrected chi connectivity index (χ2v) is 4.36. The van der Waals surface area contributed by atoms with Gasteiger partial charge >= 0.3 is 0 Å². The first-order chi connectivity index (χ1) is 9.22. The van der Waals surface area contributed by atoms with Crippen LogP contribution in [0.25, 0.3) is 0 Å². The van der Waals surface area contributed by atoms with Gasteiger partial charge in [-0.3, -0.25) is 0 Å². The van der Waals surface area contributed by atoms with E-state index in [1.54, 1.807) is 20.3 Å². The van der Waals surface area contributed by atoms with Gasteiger partial charge in [0.2, 0.25) is 0 Å². The first kappa shape index (κ1) is 16.0. The predicted octanol–water partition coefficient (Wildman–Crippen LogP) is 1.03. The van der Waals surface area contributed by atoms with Crippen molar-refractivity contribution in [3.05, 3.63) is 22.7 Å². The van der Waals surface area contributed by atoms with E-state index in [2.05, 4.69) is 10.6 Å². The van der Waals surface area contributed by atoms with E-state index in [9.17, 15) is 0 Å². The molecule has 0 aliphatic rings. The molecule has 0 bridgehead atoms. The molecule has 0 unspecified atom stereocenters. The number of rotatable bonds is 9. The fourth-order valence-electron chi connectivity index (χ4n) is 1.64. The molecular weight excluding hydrogens is 268 g/mol. The molecule has 0 aromatic heterocycles. The van der Waals surface area contributed by atoms with Gasteiger partial charge in [-0.1, -0.05) is 11.6 Å². The van der Waals surface area contributed by atoms with Crippen LogP contribution in [0, 0.1) is 0 Å². The Morgan fingerprint density at radius 1 is 1.05 bits per heavy atom. The predicted molar refractivity (Wildman–Crippen MR) is 76.2 cm³/mol. The maximum Gasteiger partial charge on any atom is 0.162 e. The van der Waals surface area contributed by atoms with E-state index in [0.717, 1.165) is 18.7 Å². The van der Waals surface area contributed by atoms with E-state index < -0.39 is 0 Å². The van der Waals surface area contributed by atoms with E-state index >= 15 is 0 Å². The number of halogens is 1. The number of ether oxygens (including phenoxy) is 2. The zero-order valence-electron chi connectivity index (χ0n) is 11.3. The third kappa shape index (κ3) is 5.24. The van der Waals surface area contributed by atoms with E-state index in [-0.39, 0.29) is 6.61 Å². The van der Waals surface area contributed by atoms with Crippen LogP contribution in [0.3, 0.4) is 0 Å². The molecule has 1 aromatic rings. The summed E-state index contributed by atoms with van der Waals surface area (Å²) in [6, 6.07) is 3.62. The topological polar surface area (TPSA) is 62.8 Å². The summed E-state index contributed by atoms with van der Waals surface area (Å²) in [5, 5.41) is 15.6. The van der Waals surface area contributed by atoms with Gasteiger partial charge in [-0.05, 0) is 11.6 Å². The molecule has 0 spiro atoms. The lowest BCUT2D eigenvalue weighted by Crippen LogP contribution is -2.28. The maximum atomic E-state index is 8.62. The lowest BCUT2D eigenvalue weighted by Gasteiger charge is -2.12. The summed E-state index contributed by atoms with van der Waals surface area (Å²) in [4.78, 5) is 0.